The summed E-state index contributed by atoms with van der Waals surface area (Å²) in [5.74, 6) is -0.479. The molecule has 0 unspecified atom stereocenters. The van der Waals surface area contributed by atoms with Crippen LogP contribution >= 0.6 is 11.8 Å². The van der Waals surface area contributed by atoms with Gasteiger partial charge in [-0.1, -0.05) is 11.8 Å². The summed E-state index contributed by atoms with van der Waals surface area (Å²) in [6, 6.07) is 10.2. The summed E-state index contributed by atoms with van der Waals surface area (Å²) in [5, 5.41) is 36.8. The van der Waals surface area contributed by atoms with Gasteiger partial charge in [0.2, 0.25) is 0 Å². The first-order valence-corrected chi connectivity index (χ1v) is 10.3. The van der Waals surface area contributed by atoms with Crippen molar-refractivity contribution in [2.75, 3.05) is 6.61 Å². The maximum Gasteiger partial charge on any atom is 0.124 e. The summed E-state index contributed by atoms with van der Waals surface area (Å²) < 4.78 is 17.0. The third kappa shape index (κ3) is 3.89. The lowest BCUT2D eigenvalue weighted by Crippen LogP contribution is -2.04. The molecule has 0 fully saturated rings. The van der Waals surface area contributed by atoms with E-state index in [-0.39, 0.29) is 12.2 Å². The Morgan fingerprint density at radius 2 is 1.90 bits per heavy atom. The first-order chi connectivity index (χ1) is 15.0. The normalized spacial score (nSPS) is 10.9. The van der Waals surface area contributed by atoms with E-state index in [0.29, 0.717) is 28.9 Å². The number of aromatic nitrogens is 4. The van der Waals surface area contributed by atoms with Crippen LogP contribution in [0.1, 0.15) is 23.2 Å². The lowest BCUT2D eigenvalue weighted by atomic mass is 10.1. The molecule has 0 aliphatic carbocycles. The summed E-state index contributed by atoms with van der Waals surface area (Å²) >= 11 is 1.29. The van der Waals surface area contributed by atoms with Crippen LogP contribution in [0.5, 0.6) is 0 Å². The van der Waals surface area contributed by atoms with Crippen LogP contribution in [0.4, 0.5) is 4.39 Å². The number of hydrogen-bond acceptors (Lipinski definition) is 6. The predicted molar refractivity (Wildman–Crippen MR) is 113 cm³/mol. The summed E-state index contributed by atoms with van der Waals surface area (Å²) in [7, 11) is 0. The van der Waals surface area contributed by atoms with Gasteiger partial charge in [-0.05, 0) is 37.6 Å². The maximum atomic E-state index is 13.6. The zero-order valence-corrected chi connectivity index (χ0v) is 17.4. The monoisotopic (exact) mass is 432 g/mol. The minimum atomic E-state index is -0.479. The fourth-order valence-corrected chi connectivity index (χ4v) is 4.44. The van der Waals surface area contributed by atoms with E-state index in [1.165, 1.54) is 30.1 Å². The minimum absolute atomic E-state index is 0.0878. The standard InChI is InChI=1S/C22H17FN6OS/c1-14-19(12-27-28(14)5-2-6-30)16-8-21(22-17(10-25)11-26-29(22)13-16)31-20-4-3-18(23)7-15(20)9-24/h3-4,7-8,11-13,30H,2,5-6H2,1H3. The van der Waals surface area contributed by atoms with E-state index >= 15 is 0 Å². The number of aliphatic hydroxyl groups excluding tert-OH is 1. The Hall–Kier alpha value is -3.66. The van der Waals surface area contributed by atoms with Gasteiger partial charge in [-0.3, -0.25) is 4.68 Å². The molecule has 0 radical (unpaired) electrons. The molecule has 1 aromatic carbocycles. The van der Waals surface area contributed by atoms with Gasteiger partial charge >= 0.3 is 0 Å². The molecule has 7 nitrogen and oxygen atoms in total. The van der Waals surface area contributed by atoms with E-state index in [4.69, 9.17) is 5.11 Å². The highest BCUT2D eigenvalue weighted by molar-refractivity contribution is 7.99. The number of aliphatic hydroxyl groups is 1. The Balaban J connectivity index is 1.85. The Bertz CT molecular complexity index is 1360. The summed E-state index contributed by atoms with van der Waals surface area (Å²) in [6.07, 6.45) is 5.69. The van der Waals surface area contributed by atoms with Crippen LogP contribution in [0, 0.1) is 35.4 Å². The number of nitrogens with zero attached hydrogens (tertiary/aromatic N) is 6. The third-order valence-corrected chi connectivity index (χ3v) is 6.03. The van der Waals surface area contributed by atoms with Crippen LogP contribution in [-0.2, 0) is 6.54 Å². The Labute approximate surface area is 182 Å². The number of benzene rings is 1. The maximum absolute atomic E-state index is 13.6. The summed E-state index contributed by atoms with van der Waals surface area (Å²) in [5.41, 5.74) is 3.93. The van der Waals surface area contributed by atoms with Gasteiger partial charge in [-0.15, -0.1) is 0 Å². The number of nitriles is 2. The van der Waals surface area contributed by atoms with Gasteiger partial charge in [0.05, 0.1) is 29.0 Å². The fraction of sp³-hybridized carbons (Fsp3) is 0.182. The van der Waals surface area contributed by atoms with Crippen molar-refractivity contribution < 1.29 is 9.50 Å². The molecule has 4 aromatic rings. The predicted octanol–water partition coefficient (Wildman–Crippen LogP) is 3.92. The van der Waals surface area contributed by atoms with Crippen LogP contribution in [0.25, 0.3) is 16.6 Å². The molecule has 3 heterocycles. The van der Waals surface area contributed by atoms with E-state index in [1.807, 2.05) is 29.9 Å². The van der Waals surface area contributed by atoms with Crippen molar-refractivity contribution in [1.29, 1.82) is 10.5 Å². The van der Waals surface area contributed by atoms with Crippen molar-refractivity contribution in [3.8, 4) is 23.3 Å². The molecule has 154 valence electrons. The van der Waals surface area contributed by atoms with Crippen LogP contribution in [0.2, 0.25) is 0 Å². The highest BCUT2D eigenvalue weighted by Gasteiger charge is 2.17. The van der Waals surface area contributed by atoms with Gasteiger partial charge in [-0.2, -0.15) is 20.7 Å². The second kappa shape index (κ2) is 8.60. The van der Waals surface area contributed by atoms with E-state index in [1.54, 1.807) is 16.8 Å². The average Bonchev–Trinajstić information content (AvgIpc) is 3.36. The topological polar surface area (TPSA) is 103 Å². The Morgan fingerprint density at radius 3 is 2.65 bits per heavy atom. The van der Waals surface area contributed by atoms with Crippen molar-refractivity contribution in [2.45, 2.75) is 29.7 Å². The second-order valence-electron chi connectivity index (χ2n) is 6.85. The van der Waals surface area contributed by atoms with Crippen LogP contribution in [-0.4, -0.2) is 31.1 Å². The molecule has 31 heavy (non-hydrogen) atoms. The van der Waals surface area contributed by atoms with Gasteiger partial charge < -0.3 is 5.11 Å². The zero-order valence-electron chi connectivity index (χ0n) is 16.6. The van der Waals surface area contributed by atoms with Gasteiger partial charge in [0.15, 0.2) is 0 Å². The highest BCUT2D eigenvalue weighted by Crippen LogP contribution is 2.37. The van der Waals surface area contributed by atoms with Gasteiger partial charge in [0.25, 0.3) is 0 Å². The Morgan fingerprint density at radius 1 is 1.10 bits per heavy atom. The zero-order chi connectivity index (χ0) is 22.0. The van der Waals surface area contributed by atoms with Crippen molar-refractivity contribution in [1.82, 2.24) is 19.4 Å². The van der Waals surface area contributed by atoms with Crippen molar-refractivity contribution in [2.24, 2.45) is 0 Å². The summed E-state index contributed by atoms with van der Waals surface area (Å²) in [6.45, 7) is 2.65. The first kappa shape index (κ1) is 20.6. The molecular weight excluding hydrogens is 415 g/mol. The number of aryl methyl sites for hydroxylation is 1. The van der Waals surface area contributed by atoms with Crippen molar-refractivity contribution in [3.63, 3.8) is 0 Å². The van der Waals surface area contributed by atoms with Gasteiger partial charge in [0.1, 0.15) is 18.0 Å². The molecule has 0 aliphatic rings. The lowest BCUT2D eigenvalue weighted by molar-refractivity contribution is 0.276. The van der Waals surface area contributed by atoms with Gasteiger partial charge in [-0.25, -0.2) is 8.91 Å². The average molecular weight is 432 g/mol. The van der Waals surface area contributed by atoms with E-state index in [2.05, 4.69) is 16.3 Å². The number of hydrogen-bond donors (Lipinski definition) is 1. The number of pyridine rings is 1. The van der Waals surface area contributed by atoms with E-state index in [9.17, 15) is 14.9 Å². The third-order valence-electron chi connectivity index (χ3n) is 4.92. The Kier molecular flexibility index (Phi) is 5.72. The number of halogens is 1. The van der Waals surface area contributed by atoms with Gasteiger partial charge in [0, 0.05) is 46.0 Å². The summed E-state index contributed by atoms with van der Waals surface area (Å²) in [4.78, 5) is 1.31. The SMILES string of the molecule is Cc1c(-c2cc(Sc3ccc(F)cc3C#N)c3c(C#N)cnn3c2)cnn1CCCO. The lowest BCUT2D eigenvalue weighted by Gasteiger charge is -2.10. The molecule has 0 bridgehead atoms. The molecule has 0 aliphatic heterocycles. The molecule has 4 rings (SSSR count). The van der Waals surface area contributed by atoms with Crippen LogP contribution in [0.15, 0.2) is 52.6 Å². The molecule has 3 aromatic heterocycles. The van der Waals surface area contributed by atoms with Crippen molar-refractivity contribution >= 4 is 17.3 Å². The molecule has 0 spiro atoms. The number of fused-ring (bicyclic) bond motifs is 1. The quantitative estimate of drug-likeness (QED) is 0.495. The van der Waals surface area contributed by atoms with Crippen molar-refractivity contribution in [3.05, 3.63) is 65.5 Å². The highest BCUT2D eigenvalue weighted by atomic mass is 32.2. The number of rotatable bonds is 6. The smallest absolute Gasteiger partial charge is 0.124 e. The molecular formula is C22H17FN6OS. The molecule has 0 saturated carbocycles. The molecule has 0 saturated heterocycles. The minimum Gasteiger partial charge on any atom is -0.396 e. The second-order valence-corrected chi connectivity index (χ2v) is 7.94. The molecule has 0 atom stereocenters. The molecule has 9 heteroatoms. The van der Waals surface area contributed by atoms with E-state index in [0.717, 1.165) is 21.7 Å². The largest absolute Gasteiger partial charge is 0.396 e. The molecule has 1 N–H and O–H groups in total. The van der Waals surface area contributed by atoms with Crippen LogP contribution < -0.4 is 0 Å². The first-order valence-electron chi connectivity index (χ1n) is 9.48. The van der Waals surface area contributed by atoms with Crippen LogP contribution in [0.3, 0.4) is 0 Å². The fourth-order valence-electron chi connectivity index (χ4n) is 3.36. The van der Waals surface area contributed by atoms with E-state index < -0.39 is 5.82 Å². The molecule has 0 amide bonds.